The standard InChI is InChI=1S/C21H21ClN2O4/c1-2-28-21(27)18-16(12-6-8-13(22)9-7-12)17-14(4-3-5-15(17)25)24-11-10-23-20(26)19(18)24/h6-9,16H,2-5,10-11H2,1H3,(H,23,26)/t16-/m0/s1. The van der Waals surface area contributed by atoms with E-state index in [1.54, 1.807) is 31.2 Å². The van der Waals surface area contributed by atoms with Gasteiger partial charge >= 0.3 is 5.97 Å². The molecule has 0 aromatic heterocycles. The molecule has 2 aliphatic heterocycles. The number of ether oxygens (including phenoxy) is 1. The fourth-order valence-corrected chi connectivity index (χ4v) is 4.41. The van der Waals surface area contributed by atoms with Crippen LogP contribution >= 0.6 is 11.6 Å². The van der Waals surface area contributed by atoms with Crippen LogP contribution in [0.5, 0.6) is 0 Å². The van der Waals surface area contributed by atoms with Crippen LogP contribution in [0.2, 0.25) is 5.02 Å². The number of nitrogens with zero attached hydrogens (tertiary/aromatic N) is 1. The first kappa shape index (κ1) is 18.7. The highest BCUT2D eigenvalue weighted by Gasteiger charge is 2.45. The largest absolute Gasteiger partial charge is 0.463 e. The minimum atomic E-state index is -0.630. The first-order valence-electron chi connectivity index (χ1n) is 9.51. The number of piperazine rings is 1. The summed E-state index contributed by atoms with van der Waals surface area (Å²) in [7, 11) is 0. The predicted molar refractivity (Wildman–Crippen MR) is 103 cm³/mol. The number of carbonyl (C=O) groups is 3. The van der Waals surface area contributed by atoms with Gasteiger partial charge in [-0.1, -0.05) is 23.7 Å². The summed E-state index contributed by atoms with van der Waals surface area (Å²) < 4.78 is 5.31. The molecule has 2 heterocycles. The molecular formula is C21H21ClN2O4. The quantitative estimate of drug-likeness (QED) is 0.789. The van der Waals surface area contributed by atoms with Crippen molar-refractivity contribution in [2.24, 2.45) is 0 Å². The summed E-state index contributed by atoms with van der Waals surface area (Å²) in [5.41, 5.74) is 2.75. The van der Waals surface area contributed by atoms with Gasteiger partial charge in [0.25, 0.3) is 5.91 Å². The number of hydrogen-bond donors (Lipinski definition) is 1. The molecule has 0 saturated carbocycles. The van der Waals surface area contributed by atoms with Crippen LogP contribution in [-0.4, -0.2) is 42.3 Å². The normalized spacial score (nSPS) is 21.9. The van der Waals surface area contributed by atoms with Gasteiger partial charge in [-0.25, -0.2) is 4.79 Å². The van der Waals surface area contributed by atoms with Gasteiger partial charge in [-0.2, -0.15) is 0 Å². The summed E-state index contributed by atoms with van der Waals surface area (Å²) in [6, 6.07) is 7.06. The second-order valence-electron chi connectivity index (χ2n) is 7.01. The Hall–Kier alpha value is -2.60. The van der Waals surface area contributed by atoms with Crippen LogP contribution in [0.3, 0.4) is 0 Å². The van der Waals surface area contributed by atoms with Crippen LogP contribution in [-0.2, 0) is 19.1 Å². The molecule has 28 heavy (non-hydrogen) atoms. The number of carbonyl (C=O) groups excluding carboxylic acids is 3. The van der Waals surface area contributed by atoms with Crippen molar-refractivity contribution in [1.82, 2.24) is 10.2 Å². The van der Waals surface area contributed by atoms with E-state index in [-0.39, 0.29) is 23.9 Å². The highest BCUT2D eigenvalue weighted by atomic mass is 35.5. The van der Waals surface area contributed by atoms with Crippen LogP contribution < -0.4 is 5.32 Å². The molecule has 1 amide bonds. The molecule has 4 rings (SSSR count). The molecule has 1 N–H and O–H groups in total. The maximum absolute atomic E-state index is 13.0. The molecule has 0 bridgehead atoms. The lowest BCUT2D eigenvalue weighted by atomic mass is 9.74. The first-order chi connectivity index (χ1) is 13.5. The SMILES string of the molecule is CCOC(=O)C1=C2C(=O)NCCN2C2=C(C(=O)CCC2)[C@@H]1c1ccc(Cl)cc1. The van der Waals surface area contributed by atoms with Gasteiger partial charge in [0.05, 0.1) is 12.2 Å². The molecule has 1 aromatic carbocycles. The summed E-state index contributed by atoms with van der Waals surface area (Å²) in [4.78, 5) is 40.6. The third-order valence-corrected chi connectivity index (χ3v) is 5.64. The summed E-state index contributed by atoms with van der Waals surface area (Å²) in [5, 5.41) is 3.38. The average molecular weight is 401 g/mol. The topological polar surface area (TPSA) is 75.7 Å². The van der Waals surface area contributed by atoms with Crippen molar-refractivity contribution < 1.29 is 19.1 Å². The Morgan fingerprint density at radius 2 is 2.00 bits per heavy atom. The number of esters is 1. The average Bonchev–Trinajstić information content (AvgIpc) is 2.68. The Balaban J connectivity index is 1.98. The fourth-order valence-electron chi connectivity index (χ4n) is 4.28. The van der Waals surface area contributed by atoms with E-state index < -0.39 is 11.9 Å². The predicted octanol–water partition coefficient (Wildman–Crippen LogP) is 2.69. The number of Topliss-reactive ketones (excluding diaryl/α,β-unsaturated/α-hetero) is 1. The lowest BCUT2D eigenvalue weighted by Gasteiger charge is -2.43. The second-order valence-corrected chi connectivity index (χ2v) is 7.45. The Morgan fingerprint density at radius 3 is 2.71 bits per heavy atom. The zero-order valence-corrected chi connectivity index (χ0v) is 16.3. The Labute approximate surface area is 168 Å². The number of rotatable bonds is 3. The molecule has 0 spiro atoms. The number of benzene rings is 1. The third-order valence-electron chi connectivity index (χ3n) is 5.39. The molecule has 6 nitrogen and oxygen atoms in total. The van der Waals surface area contributed by atoms with Gasteiger partial charge in [-0.3, -0.25) is 9.59 Å². The molecule has 1 saturated heterocycles. The molecule has 1 aliphatic carbocycles. The lowest BCUT2D eigenvalue weighted by molar-refractivity contribution is -0.139. The van der Waals surface area contributed by atoms with E-state index in [0.29, 0.717) is 42.2 Å². The second kappa shape index (κ2) is 7.43. The van der Waals surface area contributed by atoms with Gasteiger partial charge in [-0.05, 0) is 37.5 Å². The van der Waals surface area contributed by atoms with Crippen molar-refractivity contribution in [1.29, 1.82) is 0 Å². The van der Waals surface area contributed by atoms with Gasteiger partial charge < -0.3 is 15.0 Å². The molecule has 7 heteroatoms. The van der Waals surface area contributed by atoms with Crippen LogP contribution in [0, 0.1) is 0 Å². The Bertz CT molecular complexity index is 917. The lowest BCUT2D eigenvalue weighted by Crippen LogP contribution is -2.50. The van der Waals surface area contributed by atoms with Crippen molar-refractivity contribution in [3.8, 4) is 0 Å². The monoisotopic (exact) mass is 400 g/mol. The van der Waals surface area contributed by atoms with Crippen LogP contribution in [0.25, 0.3) is 0 Å². The van der Waals surface area contributed by atoms with Gasteiger partial charge in [0, 0.05) is 41.7 Å². The van der Waals surface area contributed by atoms with Gasteiger partial charge in [0.2, 0.25) is 0 Å². The fraction of sp³-hybridized carbons (Fsp3) is 0.381. The zero-order chi connectivity index (χ0) is 19.8. The van der Waals surface area contributed by atoms with E-state index in [1.165, 1.54) is 0 Å². The van der Waals surface area contributed by atoms with Crippen molar-refractivity contribution in [2.45, 2.75) is 32.1 Å². The number of nitrogens with one attached hydrogen (secondary N) is 1. The van der Waals surface area contributed by atoms with E-state index in [4.69, 9.17) is 16.3 Å². The Morgan fingerprint density at radius 1 is 1.25 bits per heavy atom. The molecule has 0 unspecified atom stereocenters. The van der Waals surface area contributed by atoms with Crippen LogP contribution in [0.4, 0.5) is 0 Å². The molecule has 1 aromatic rings. The summed E-state index contributed by atoms with van der Waals surface area (Å²) >= 11 is 6.04. The maximum atomic E-state index is 13.0. The van der Waals surface area contributed by atoms with Crippen molar-refractivity contribution in [2.75, 3.05) is 19.7 Å². The minimum absolute atomic E-state index is 0.0213. The molecule has 3 aliphatic rings. The van der Waals surface area contributed by atoms with Crippen LogP contribution in [0.15, 0.2) is 46.8 Å². The molecule has 146 valence electrons. The number of halogens is 1. The van der Waals surface area contributed by atoms with Crippen molar-refractivity contribution in [3.05, 3.63) is 57.4 Å². The highest BCUT2D eigenvalue weighted by Crippen LogP contribution is 2.46. The van der Waals surface area contributed by atoms with E-state index in [2.05, 4.69) is 5.32 Å². The van der Waals surface area contributed by atoms with Crippen molar-refractivity contribution >= 4 is 29.3 Å². The first-order valence-corrected chi connectivity index (χ1v) is 9.89. The minimum Gasteiger partial charge on any atom is -0.463 e. The number of hydrogen-bond acceptors (Lipinski definition) is 5. The van der Waals surface area contributed by atoms with Crippen molar-refractivity contribution in [3.63, 3.8) is 0 Å². The number of ketones is 1. The van der Waals surface area contributed by atoms with E-state index >= 15 is 0 Å². The molecule has 1 fully saturated rings. The highest BCUT2D eigenvalue weighted by molar-refractivity contribution is 6.30. The van der Waals surface area contributed by atoms with Crippen LogP contribution in [0.1, 0.15) is 37.7 Å². The maximum Gasteiger partial charge on any atom is 0.337 e. The summed E-state index contributed by atoms with van der Waals surface area (Å²) in [5.74, 6) is -1.48. The molecule has 1 atom stereocenters. The number of fused-ring (bicyclic) bond motifs is 2. The number of allylic oxidation sites excluding steroid dienone is 2. The van der Waals surface area contributed by atoms with E-state index in [1.807, 2.05) is 4.90 Å². The zero-order valence-electron chi connectivity index (χ0n) is 15.6. The van der Waals surface area contributed by atoms with Gasteiger partial charge in [0.15, 0.2) is 5.78 Å². The smallest absolute Gasteiger partial charge is 0.337 e. The Kier molecular flexibility index (Phi) is 4.98. The third kappa shape index (κ3) is 3.02. The van der Waals surface area contributed by atoms with Gasteiger partial charge in [0.1, 0.15) is 5.70 Å². The van der Waals surface area contributed by atoms with E-state index in [9.17, 15) is 14.4 Å². The molecular weight excluding hydrogens is 380 g/mol. The summed E-state index contributed by atoms with van der Waals surface area (Å²) in [6.45, 7) is 2.90. The molecule has 0 radical (unpaired) electrons. The number of amides is 1. The summed E-state index contributed by atoms with van der Waals surface area (Å²) in [6.07, 6.45) is 1.89. The van der Waals surface area contributed by atoms with E-state index in [0.717, 1.165) is 17.7 Å². The van der Waals surface area contributed by atoms with Gasteiger partial charge in [-0.15, -0.1) is 0 Å².